The van der Waals surface area contributed by atoms with E-state index in [0.29, 0.717) is 19.4 Å². The molecule has 1 atom stereocenters. The molecule has 0 aliphatic carbocycles. The SMILES string of the molecule is NC(=O)NCCC[C@H](N)C(=O)O.[CaH2]. The van der Waals surface area contributed by atoms with Crippen molar-refractivity contribution in [2.45, 2.75) is 18.9 Å². The van der Waals surface area contributed by atoms with E-state index in [1.54, 1.807) is 0 Å². The fourth-order valence-electron chi connectivity index (χ4n) is 0.657. The van der Waals surface area contributed by atoms with Gasteiger partial charge >= 0.3 is 49.7 Å². The van der Waals surface area contributed by atoms with Gasteiger partial charge in [-0.3, -0.25) is 4.79 Å². The van der Waals surface area contributed by atoms with Crippen LogP contribution in [0.1, 0.15) is 12.8 Å². The van der Waals surface area contributed by atoms with E-state index in [-0.39, 0.29) is 37.7 Å². The summed E-state index contributed by atoms with van der Waals surface area (Å²) in [7, 11) is 0. The summed E-state index contributed by atoms with van der Waals surface area (Å²) in [5.74, 6) is -1.03. The van der Waals surface area contributed by atoms with Crippen molar-refractivity contribution < 1.29 is 14.7 Å². The van der Waals surface area contributed by atoms with Crippen LogP contribution in [-0.2, 0) is 4.79 Å². The Kier molecular flexibility index (Phi) is 10.2. The molecule has 2 amide bonds. The van der Waals surface area contributed by atoms with Gasteiger partial charge in [-0.15, -0.1) is 0 Å². The zero-order valence-electron chi connectivity index (χ0n) is 6.62. The molecule has 0 heterocycles. The van der Waals surface area contributed by atoms with E-state index in [0.717, 1.165) is 0 Å². The Bertz CT molecular complexity index is 177. The zero-order chi connectivity index (χ0) is 9.56. The zero-order valence-corrected chi connectivity index (χ0v) is 6.62. The molecule has 7 heteroatoms. The summed E-state index contributed by atoms with van der Waals surface area (Å²) in [6.07, 6.45) is 0.839. The second-order valence-electron chi connectivity index (χ2n) is 2.38. The second-order valence-corrected chi connectivity index (χ2v) is 2.38. The van der Waals surface area contributed by atoms with Crippen molar-refractivity contribution in [3.05, 3.63) is 0 Å². The Labute approximate surface area is 106 Å². The van der Waals surface area contributed by atoms with Crippen LogP contribution >= 0.6 is 0 Å². The molecule has 0 unspecified atom stereocenters. The number of nitrogens with one attached hydrogen (secondary N) is 1. The summed E-state index contributed by atoms with van der Waals surface area (Å²) >= 11 is 0. The van der Waals surface area contributed by atoms with Crippen LogP contribution in [-0.4, -0.2) is 67.4 Å². The molecule has 0 aromatic heterocycles. The van der Waals surface area contributed by atoms with Crippen LogP contribution in [0.5, 0.6) is 0 Å². The van der Waals surface area contributed by atoms with Gasteiger partial charge in [-0.25, -0.2) is 4.79 Å². The van der Waals surface area contributed by atoms with E-state index in [4.69, 9.17) is 16.6 Å². The van der Waals surface area contributed by atoms with Gasteiger partial charge in [0.15, 0.2) is 0 Å². The number of nitrogens with two attached hydrogens (primary N) is 2. The molecule has 0 spiro atoms. The number of rotatable bonds is 5. The van der Waals surface area contributed by atoms with Crippen molar-refractivity contribution in [3.63, 3.8) is 0 Å². The second kappa shape index (κ2) is 8.55. The number of amides is 2. The molecule has 6 N–H and O–H groups in total. The summed E-state index contributed by atoms with van der Waals surface area (Å²) in [5, 5.41) is 10.7. The number of aliphatic carboxylic acids is 1. The van der Waals surface area contributed by atoms with Gasteiger partial charge in [-0.2, -0.15) is 0 Å². The third-order valence-corrected chi connectivity index (χ3v) is 1.31. The van der Waals surface area contributed by atoms with Crippen LogP contribution in [0, 0.1) is 0 Å². The molecule has 6 nitrogen and oxygen atoms in total. The normalized spacial score (nSPS) is 11.2. The number of carboxylic acid groups (broad SMARTS) is 1. The molecule has 0 saturated carbocycles. The van der Waals surface area contributed by atoms with Crippen LogP contribution in [0.3, 0.4) is 0 Å². The quantitative estimate of drug-likeness (QED) is 0.312. The van der Waals surface area contributed by atoms with Crippen molar-refractivity contribution in [1.29, 1.82) is 0 Å². The molecule has 0 radical (unpaired) electrons. The summed E-state index contributed by atoms with van der Waals surface area (Å²) < 4.78 is 0. The fourth-order valence-corrected chi connectivity index (χ4v) is 0.657. The fraction of sp³-hybridized carbons (Fsp3) is 0.667. The molecular weight excluding hydrogens is 202 g/mol. The van der Waals surface area contributed by atoms with Gasteiger partial charge in [0.05, 0.1) is 0 Å². The number of primary amides is 1. The molecule has 0 rings (SSSR count). The Hall–Kier alpha value is -0.0403. The first-order chi connectivity index (χ1) is 5.54. The van der Waals surface area contributed by atoms with Gasteiger partial charge in [0.2, 0.25) is 0 Å². The molecule has 0 bridgehead atoms. The van der Waals surface area contributed by atoms with Crippen LogP contribution in [0.25, 0.3) is 0 Å². The average Bonchev–Trinajstić information content (AvgIpc) is 1.97. The number of hydrogen-bond donors (Lipinski definition) is 4. The van der Waals surface area contributed by atoms with Gasteiger partial charge < -0.3 is 21.9 Å². The molecule has 0 aromatic rings. The Morgan fingerprint density at radius 2 is 2.00 bits per heavy atom. The first kappa shape index (κ1) is 15.4. The Morgan fingerprint density at radius 3 is 2.38 bits per heavy atom. The molecule has 74 valence electrons. The monoisotopic (exact) mass is 217 g/mol. The van der Waals surface area contributed by atoms with Crippen molar-refractivity contribution >= 4 is 49.7 Å². The maximum atomic E-state index is 10.2. The summed E-state index contributed by atoms with van der Waals surface area (Å²) in [5.41, 5.74) is 9.96. The minimum absolute atomic E-state index is 0. The van der Waals surface area contributed by atoms with Crippen molar-refractivity contribution in [1.82, 2.24) is 5.32 Å². The van der Waals surface area contributed by atoms with E-state index in [9.17, 15) is 9.59 Å². The van der Waals surface area contributed by atoms with E-state index in [1.165, 1.54) is 0 Å². The first-order valence-electron chi connectivity index (χ1n) is 3.55. The van der Waals surface area contributed by atoms with Crippen molar-refractivity contribution in [3.8, 4) is 0 Å². The predicted molar refractivity (Wildman–Crippen MR) is 51.0 cm³/mol. The van der Waals surface area contributed by atoms with E-state index >= 15 is 0 Å². The number of carbonyl (C=O) groups excluding carboxylic acids is 1. The maximum absolute atomic E-state index is 10.2. The number of carboxylic acids is 1. The molecule has 0 aromatic carbocycles. The van der Waals surface area contributed by atoms with Gasteiger partial charge in [-0.1, -0.05) is 0 Å². The number of carbonyl (C=O) groups is 2. The van der Waals surface area contributed by atoms with E-state index < -0.39 is 18.0 Å². The summed E-state index contributed by atoms with van der Waals surface area (Å²) in [4.78, 5) is 20.3. The predicted octanol–water partition coefficient (Wildman–Crippen LogP) is -2.07. The molecular formula is C6H15CaN3O3. The third kappa shape index (κ3) is 9.88. The van der Waals surface area contributed by atoms with Crippen LogP contribution < -0.4 is 16.8 Å². The minimum atomic E-state index is -1.03. The van der Waals surface area contributed by atoms with Gasteiger partial charge in [0.25, 0.3) is 0 Å². The van der Waals surface area contributed by atoms with Crippen LogP contribution in [0.15, 0.2) is 0 Å². The van der Waals surface area contributed by atoms with Gasteiger partial charge in [0, 0.05) is 6.54 Å². The Morgan fingerprint density at radius 1 is 1.46 bits per heavy atom. The molecule has 13 heavy (non-hydrogen) atoms. The van der Waals surface area contributed by atoms with E-state index in [2.05, 4.69) is 5.32 Å². The summed E-state index contributed by atoms with van der Waals surface area (Å²) in [6, 6.07) is -1.47. The third-order valence-electron chi connectivity index (χ3n) is 1.31. The average molecular weight is 217 g/mol. The number of hydrogen-bond acceptors (Lipinski definition) is 3. The molecule has 0 aliphatic rings. The van der Waals surface area contributed by atoms with Crippen molar-refractivity contribution in [2.24, 2.45) is 11.5 Å². The van der Waals surface area contributed by atoms with Gasteiger partial charge in [-0.05, 0) is 12.8 Å². The van der Waals surface area contributed by atoms with Crippen molar-refractivity contribution in [2.75, 3.05) is 6.54 Å². The molecule has 0 fully saturated rings. The van der Waals surface area contributed by atoms with Crippen LogP contribution in [0.2, 0.25) is 0 Å². The number of urea groups is 1. The standard InChI is InChI=1S/C6H13N3O3.Ca.2H/c7-4(5(10)11)2-1-3-9-6(8)12;;;/h4H,1-3,7H2,(H,10,11)(H3,8,9,12);;;/t4-;;;/m0.../s1. The molecule has 0 saturated heterocycles. The first-order valence-corrected chi connectivity index (χ1v) is 3.55. The van der Waals surface area contributed by atoms with Gasteiger partial charge in [0.1, 0.15) is 6.04 Å². The summed E-state index contributed by atoms with van der Waals surface area (Å²) in [6.45, 7) is 0.357. The topological polar surface area (TPSA) is 118 Å². The Balaban J connectivity index is 0. The molecule has 0 aliphatic heterocycles. The van der Waals surface area contributed by atoms with E-state index in [1.807, 2.05) is 0 Å². The van der Waals surface area contributed by atoms with Crippen LogP contribution in [0.4, 0.5) is 4.79 Å².